The lowest BCUT2D eigenvalue weighted by Gasteiger charge is -2.20. The minimum Gasteiger partial charge on any atom is -0.382 e. The summed E-state index contributed by atoms with van der Waals surface area (Å²) in [4.78, 5) is 4.31. The van der Waals surface area contributed by atoms with E-state index in [1.807, 2.05) is 19.2 Å². The van der Waals surface area contributed by atoms with E-state index in [0.717, 1.165) is 10.7 Å². The summed E-state index contributed by atoms with van der Waals surface area (Å²) in [6.07, 6.45) is 0. The van der Waals surface area contributed by atoms with Gasteiger partial charge in [0.1, 0.15) is 5.01 Å². The molecule has 1 unspecified atom stereocenters. The number of hydrogen-bond acceptors (Lipinski definition) is 4. The molecule has 0 aliphatic heterocycles. The van der Waals surface area contributed by atoms with Gasteiger partial charge in [0.2, 0.25) is 0 Å². The topological polar surface area (TPSA) is 48.1 Å². The van der Waals surface area contributed by atoms with E-state index in [1.54, 1.807) is 18.4 Å². The molecule has 0 aliphatic rings. The molecular formula is C8H14N2OS. The van der Waals surface area contributed by atoms with Crippen molar-refractivity contribution in [3.05, 3.63) is 16.1 Å². The lowest BCUT2D eigenvalue weighted by molar-refractivity contribution is 0.141. The summed E-state index contributed by atoms with van der Waals surface area (Å²) < 4.78 is 5.01. The Morgan fingerprint density at radius 1 is 1.75 bits per heavy atom. The molecule has 1 atom stereocenters. The van der Waals surface area contributed by atoms with E-state index in [-0.39, 0.29) is 0 Å². The van der Waals surface area contributed by atoms with Gasteiger partial charge in [-0.1, -0.05) is 0 Å². The van der Waals surface area contributed by atoms with Crippen molar-refractivity contribution in [1.29, 1.82) is 0 Å². The van der Waals surface area contributed by atoms with Gasteiger partial charge in [-0.3, -0.25) is 0 Å². The largest absolute Gasteiger partial charge is 0.382 e. The summed E-state index contributed by atoms with van der Waals surface area (Å²) in [7, 11) is 1.64. The van der Waals surface area contributed by atoms with Crippen molar-refractivity contribution in [2.45, 2.75) is 19.4 Å². The molecule has 0 saturated carbocycles. The Balaban J connectivity index is 2.81. The maximum absolute atomic E-state index is 5.98. The second-order valence-corrected chi connectivity index (χ2v) is 4.00. The van der Waals surface area contributed by atoms with Crippen LogP contribution in [0.2, 0.25) is 0 Å². The first-order chi connectivity index (χ1) is 5.56. The number of ether oxygens (including phenoxy) is 1. The van der Waals surface area contributed by atoms with Crippen LogP contribution < -0.4 is 5.73 Å². The number of aromatic nitrogens is 1. The number of rotatable bonds is 3. The molecule has 0 aromatic carbocycles. The van der Waals surface area contributed by atoms with Gasteiger partial charge >= 0.3 is 0 Å². The first kappa shape index (κ1) is 9.64. The van der Waals surface area contributed by atoms with Gasteiger partial charge in [0.25, 0.3) is 0 Å². The van der Waals surface area contributed by atoms with Gasteiger partial charge in [0.15, 0.2) is 0 Å². The zero-order chi connectivity index (χ0) is 9.19. The standard InChI is InChI=1S/C8H14N2OS/c1-6-4-12-7(10-6)8(2,9)5-11-3/h4H,5,9H2,1-3H3. The van der Waals surface area contributed by atoms with Crippen LogP contribution in [0.3, 0.4) is 0 Å². The average Bonchev–Trinajstić information content (AvgIpc) is 2.36. The first-order valence-corrected chi connectivity index (χ1v) is 4.64. The van der Waals surface area contributed by atoms with Gasteiger partial charge < -0.3 is 10.5 Å². The van der Waals surface area contributed by atoms with Crippen molar-refractivity contribution in [2.75, 3.05) is 13.7 Å². The van der Waals surface area contributed by atoms with Crippen molar-refractivity contribution >= 4 is 11.3 Å². The predicted octanol–water partition coefficient (Wildman–Crippen LogP) is 1.27. The van der Waals surface area contributed by atoms with Crippen LogP contribution in [0.25, 0.3) is 0 Å². The van der Waals surface area contributed by atoms with Gasteiger partial charge in [-0.25, -0.2) is 4.98 Å². The van der Waals surface area contributed by atoms with Crippen LogP contribution in [0, 0.1) is 6.92 Å². The fourth-order valence-electron chi connectivity index (χ4n) is 0.978. The SMILES string of the molecule is COCC(C)(N)c1nc(C)cs1. The normalized spacial score (nSPS) is 16.0. The predicted molar refractivity (Wildman–Crippen MR) is 50.3 cm³/mol. The zero-order valence-electron chi connectivity index (χ0n) is 7.63. The van der Waals surface area contributed by atoms with Crippen molar-refractivity contribution < 1.29 is 4.74 Å². The molecule has 1 heterocycles. The monoisotopic (exact) mass is 186 g/mol. The second kappa shape index (κ2) is 3.51. The van der Waals surface area contributed by atoms with Gasteiger partial charge in [-0.05, 0) is 13.8 Å². The van der Waals surface area contributed by atoms with Gasteiger partial charge in [0, 0.05) is 18.2 Å². The number of hydrogen-bond donors (Lipinski definition) is 1. The molecule has 0 amide bonds. The van der Waals surface area contributed by atoms with E-state index in [2.05, 4.69) is 4.98 Å². The minimum atomic E-state index is -0.451. The number of nitrogens with zero attached hydrogens (tertiary/aromatic N) is 1. The third kappa shape index (κ3) is 2.03. The molecule has 0 fully saturated rings. The van der Waals surface area contributed by atoms with Crippen LogP contribution in [0.4, 0.5) is 0 Å². The maximum Gasteiger partial charge on any atom is 0.115 e. The third-order valence-corrected chi connectivity index (χ3v) is 2.79. The molecule has 1 aromatic heterocycles. The van der Waals surface area contributed by atoms with Crippen molar-refractivity contribution in [1.82, 2.24) is 4.98 Å². The minimum absolute atomic E-state index is 0.451. The van der Waals surface area contributed by atoms with Crippen LogP contribution in [0.5, 0.6) is 0 Å². The highest BCUT2D eigenvalue weighted by atomic mass is 32.1. The number of methoxy groups -OCH3 is 1. The molecule has 0 saturated heterocycles. The zero-order valence-corrected chi connectivity index (χ0v) is 8.44. The van der Waals surface area contributed by atoms with Crippen LogP contribution in [0.1, 0.15) is 17.6 Å². The molecular weight excluding hydrogens is 172 g/mol. The lowest BCUT2D eigenvalue weighted by atomic mass is 10.1. The highest BCUT2D eigenvalue weighted by Crippen LogP contribution is 2.21. The van der Waals surface area contributed by atoms with Crippen molar-refractivity contribution in [3.8, 4) is 0 Å². The molecule has 2 N–H and O–H groups in total. The average molecular weight is 186 g/mol. The Morgan fingerprint density at radius 2 is 2.42 bits per heavy atom. The molecule has 0 bridgehead atoms. The Labute approximate surface area is 76.6 Å². The van der Waals surface area contributed by atoms with E-state index in [0.29, 0.717) is 6.61 Å². The molecule has 68 valence electrons. The summed E-state index contributed by atoms with van der Waals surface area (Å²) in [5, 5.41) is 2.93. The molecule has 0 radical (unpaired) electrons. The van der Waals surface area contributed by atoms with Crippen molar-refractivity contribution in [2.24, 2.45) is 5.73 Å². The van der Waals surface area contributed by atoms with Crippen LogP contribution in [-0.4, -0.2) is 18.7 Å². The molecule has 0 spiro atoms. The fourth-order valence-corrected chi connectivity index (χ4v) is 1.84. The number of thiazole rings is 1. The Hall–Kier alpha value is -0.450. The van der Waals surface area contributed by atoms with E-state index >= 15 is 0 Å². The molecule has 0 aliphatic carbocycles. The maximum atomic E-state index is 5.98. The highest BCUT2D eigenvalue weighted by molar-refractivity contribution is 7.09. The molecule has 1 rings (SSSR count). The van der Waals surface area contributed by atoms with E-state index in [9.17, 15) is 0 Å². The second-order valence-electron chi connectivity index (χ2n) is 3.14. The third-order valence-electron chi connectivity index (χ3n) is 1.55. The summed E-state index contributed by atoms with van der Waals surface area (Å²) in [6.45, 7) is 4.39. The molecule has 4 heteroatoms. The fraction of sp³-hybridized carbons (Fsp3) is 0.625. The first-order valence-electron chi connectivity index (χ1n) is 3.76. The van der Waals surface area contributed by atoms with E-state index in [4.69, 9.17) is 10.5 Å². The van der Waals surface area contributed by atoms with Gasteiger partial charge in [-0.2, -0.15) is 0 Å². The Morgan fingerprint density at radius 3 is 2.83 bits per heavy atom. The number of nitrogens with two attached hydrogens (primary N) is 1. The highest BCUT2D eigenvalue weighted by Gasteiger charge is 2.24. The van der Waals surface area contributed by atoms with E-state index in [1.165, 1.54) is 0 Å². The van der Waals surface area contributed by atoms with Crippen LogP contribution >= 0.6 is 11.3 Å². The van der Waals surface area contributed by atoms with Gasteiger partial charge in [-0.15, -0.1) is 11.3 Å². The lowest BCUT2D eigenvalue weighted by Crippen LogP contribution is -2.37. The summed E-state index contributed by atoms with van der Waals surface area (Å²) in [5.41, 5.74) is 6.55. The van der Waals surface area contributed by atoms with Gasteiger partial charge in [0.05, 0.1) is 12.1 Å². The van der Waals surface area contributed by atoms with E-state index < -0.39 is 5.54 Å². The van der Waals surface area contributed by atoms with Crippen LogP contribution in [-0.2, 0) is 10.3 Å². The molecule has 3 nitrogen and oxygen atoms in total. The molecule has 12 heavy (non-hydrogen) atoms. The quantitative estimate of drug-likeness (QED) is 0.773. The van der Waals surface area contributed by atoms with Crippen molar-refractivity contribution in [3.63, 3.8) is 0 Å². The Bertz CT molecular complexity index is 257. The summed E-state index contributed by atoms with van der Waals surface area (Å²) >= 11 is 1.58. The molecule has 1 aromatic rings. The summed E-state index contributed by atoms with van der Waals surface area (Å²) in [5.74, 6) is 0. The smallest absolute Gasteiger partial charge is 0.115 e. The van der Waals surface area contributed by atoms with Crippen LogP contribution in [0.15, 0.2) is 5.38 Å². The summed E-state index contributed by atoms with van der Waals surface area (Å²) in [6, 6.07) is 0. The Kier molecular flexibility index (Phi) is 2.82. The number of aryl methyl sites for hydroxylation is 1.